The van der Waals surface area contributed by atoms with E-state index in [1.54, 1.807) is 18.2 Å². The van der Waals surface area contributed by atoms with Crippen LogP contribution in [0.25, 0.3) is 94.7 Å². The van der Waals surface area contributed by atoms with Crippen molar-refractivity contribution in [1.29, 1.82) is 0 Å². The Morgan fingerprint density at radius 3 is 1.47 bits per heavy atom. The third kappa shape index (κ3) is 6.03. The minimum Gasteiger partial charge on any atom is -0.456 e. The van der Waals surface area contributed by atoms with Crippen molar-refractivity contribution in [2.45, 2.75) is 12.4 Å². The lowest BCUT2D eigenvalue weighted by Crippen LogP contribution is -2.07. The highest BCUT2D eigenvalue weighted by Gasteiger charge is 2.34. The second-order valence-electron chi connectivity index (χ2n) is 13.9. The lowest BCUT2D eigenvalue weighted by atomic mass is 9.99. The molecule has 7 aromatic carbocycles. The first-order valence-corrected chi connectivity index (χ1v) is 18.2. The Balaban J connectivity index is 1.30. The summed E-state index contributed by atoms with van der Waals surface area (Å²) in [4.78, 5) is 14.7. The zero-order chi connectivity index (χ0) is 39.8. The van der Waals surface area contributed by atoms with E-state index in [4.69, 9.17) is 19.4 Å². The zero-order valence-corrected chi connectivity index (χ0v) is 30.0. The summed E-state index contributed by atoms with van der Waals surface area (Å²) in [6, 6.07) is 43.6. The molecule has 282 valence electrons. The fourth-order valence-electron chi connectivity index (χ4n) is 7.55. The Labute approximate surface area is 325 Å². The van der Waals surface area contributed by atoms with Crippen LogP contribution in [0.5, 0.6) is 0 Å². The Bertz CT molecular complexity index is 3080. The number of aromatic nitrogens is 4. The van der Waals surface area contributed by atoms with Crippen LogP contribution in [-0.4, -0.2) is 19.5 Å². The molecule has 3 heterocycles. The van der Waals surface area contributed by atoms with Gasteiger partial charge in [0, 0.05) is 38.2 Å². The average Bonchev–Trinajstić information content (AvgIpc) is 3.78. The number of alkyl halides is 6. The van der Waals surface area contributed by atoms with Gasteiger partial charge in [0.2, 0.25) is 0 Å². The van der Waals surface area contributed by atoms with E-state index in [2.05, 4.69) is 0 Å². The fourth-order valence-corrected chi connectivity index (χ4v) is 7.55. The summed E-state index contributed by atoms with van der Waals surface area (Å²) >= 11 is 0. The van der Waals surface area contributed by atoms with Gasteiger partial charge in [0.15, 0.2) is 17.5 Å². The molecular formula is C47H26F6N4O. The van der Waals surface area contributed by atoms with E-state index in [0.29, 0.717) is 50.3 Å². The van der Waals surface area contributed by atoms with Gasteiger partial charge < -0.3 is 8.98 Å². The Morgan fingerprint density at radius 2 is 0.879 bits per heavy atom. The summed E-state index contributed by atoms with van der Waals surface area (Å²) in [5.74, 6) is 0.805. The molecule has 3 aromatic heterocycles. The molecule has 0 aliphatic heterocycles. The van der Waals surface area contributed by atoms with Crippen molar-refractivity contribution in [2.75, 3.05) is 0 Å². The van der Waals surface area contributed by atoms with Gasteiger partial charge in [-0.25, -0.2) is 15.0 Å². The normalized spacial score (nSPS) is 12.3. The van der Waals surface area contributed by atoms with Gasteiger partial charge in [-0.2, -0.15) is 26.3 Å². The first-order chi connectivity index (χ1) is 28.0. The number of nitrogens with zero attached hydrogens (tertiary/aromatic N) is 4. The maximum absolute atomic E-state index is 14.3. The molecule has 0 atom stereocenters. The molecule has 0 N–H and O–H groups in total. The lowest BCUT2D eigenvalue weighted by Gasteiger charge is -2.17. The van der Waals surface area contributed by atoms with Crippen molar-refractivity contribution in [2.24, 2.45) is 0 Å². The van der Waals surface area contributed by atoms with Crippen molar-refractivity contribution in [3.8, 4) is 51.0 Å². The molecule has 0 amide bonds. The van der Waals surface area contributed by atoms with E-state index in [1.165, 1.54) is 16.7 Å². The minimum atomic E-state index is -4.72. The Hall–Kier alpha value is -7.27. The topological polar surface area (TPSA) is 56.7 Å². The molecule has 0 spiro atoms. The summed E-state index contributed by atoms with van der Waals surface area (Å²) in [5.41, 5.74) is 2.97. The van der Waals surface area contributed by atoms with Crippen LogP contribution in [0, 0.1) is 0 Å². The van der Waals surface area contributed by atoms with Crippen LogP contribution in [0.2, 0.25) is 0 Å². The molecular weight excluding hydrogens is 751 g/mol. The van der Waals surface area contributed by atoms with Crippen molar-refractivity contribution in [3.05, 3.63) is 169 Å². The third-order valence-electron chi connectivity index (χ3n) is 10.3. The van der Waals surface area contributed by atoms with E-state index in [-0.39, 0.29) is 22.5 Å². The van der Waals surface area contributed by atoms with Crippen molar-refractivity contribution in [1.82, 2.24) is 19.5 Å². The minimum absolute atomic E-state index is 0.0578. The van der Waals surface area contributed by atoms with Crippen LogP contribution < -0.4 is 0 Å². The lowest BCUT2D eigenvalue weighted by molar-refractivity contribution is -0.138. The van der Waals surface area contributed by atoms with E-state index < -0.39 is 23.5 Å². The number of rotatable bonds is 5. The highest BCUT2D eigenvalue weighted by molar-refractivity contribution is 6.10. The molecule has 0 saturated carbocycles. The molecule has 5 nitrogen and oxygen atoms in total. The Morgan fingerprint density at radius 1 is 0.397 bits per heavy atom. The van der Waals surface area contributed by atoms with Gasteiger partial charge in [0.05, 0.1) is 27.8 Å². The first kappa shape index (κ1) is 35.2. The smallest absolute Gasteiger partial charge is 0.416 e. The highest BCUT2D eigenvalue weighted by atomic mass is 19.4. The summed E-state index contributed by atoms with van der Waals surface area (Å²) in [6.07, 6.45) is -9.45. The quantitative estimate of drug-likeness (QED) is 0.163. The number of hydrogen-bond donors (Lipinski definition) is 0. The van der Waals surface area contributed by atoms with Gasteiger partial charge in [0.25, 0.3) is 0 Å². The predicted molar refractivity (Wildman–Crippen MR) is 213 cm³/mol. The zero-order valence-electron chi connectivity index (χ0n) is 30.0. The van der Waals surface area contributed by atoms with Crippen LogP contribution >= 0.6 is 0 Å². The molecule has 0 fully saturated rings. The predicted octanol–water partition coefficient (Wildman–Crippen LogP) is 13.6. The summed E-state index contributed by atoms with van der Waals surface area (Å²) < 4.78 is 93.5. The molecule has 0 unspecified atom stereocenters. The molecule has 0 saturated heterocycles. The van der Waals surface area contributed by atoms with Crippen LogP contribution in [0.15, 0.2) is 162 Å². The van der Waals surface area contributed by atoms with Crippen LogP contribution in [0.4, 0.5) is 26.3 Å². The molecule has 0 radical (unpaired) electrons. The maximum atomic E-state index is 14.3. The Kier molecular flexibility index (Phi) is 7.98. The van der Waals surface area contributed by atoms with Gasteiger partial charge in [-0.05, 0) is 65.7 Å². The fraction of sp³-hybridized carbons (Fsp3) is 0.0426. The van der Waals surface area contributed by atoms with E-state index >= 15 is 0 Å². The number of para-hydroxylation sites is 1. The van der Waals surface area contributed by atoms with Gasteiger partial charge in [-0.1, -0.05) is 103 Å². The summed E-state index contributed by atoms with van der Waals surface area (Å²) in [6.45, 7) is 0. The number of fused-ring (bicyclic) bond motifs is 6. The van der Waals surface area contributed by atoms with Gasteiger partial charge in [-0.15, -0.1) is 0 Å². The third-order valence-corrected chi connectivity index (χ3v) is 10.3. The summed E-state index contributed by atoms with van der Waals surface area (Å²) in [5, 5.41) is 2.55. The van der Waals surface area contributed by atoms with E-state index in [9.17, 15) is 26.3 Å². The SMILES string of the molecule is FC(F)(F)c1ccc2c3ccc(C(F)(F)F)cc3n(-c3ccc(-c4ccc5c(c4)oc4ccccc45)cc3-c3nc(-c4ccccc4)nc(-c4ccccc4)n3)c2c1. The van der Waals surface area contributed by atoms with E-state index in [0.717, 1.165) is 46.2 Å². The largest absolute Gasteiger partial charge is 0.456 e. The molecule has 10 rings (SSSR count). The molecule has 11 heteroatoms. The maximum Gasteiger partial charge on any atom is 0.416 e. The second-order valence-corrected chi connectivity index (χ2v) is 13.9. The molecule has 0 bridgehead atoms. The standard InChI is InChI=1S/C47H26F6N4O/c48-46(49,50)31-17-20-33-34-21-18-32(47(51,52)53)26-40(34)57(39(33)25-31)38-22-16-29(30-15-19-36-35-13-7-8-14-41(35)58-42(36)24-30)23-37(38)45-55-43(27-9-3-1-4-10-27)54-44(56-45)28-11-5-2-6-12-28/h1-26H. The van der Waals surface area contributed by atoms with Crippen LogP contribution in [0.1, 0.15) is 11.1 Å². The average molecular weight is 777 g/mol. The number of halogens is 6. The van der Waals surface area contributed by atoms with Crippen LogP contribution in [0.3, 0.4) is 0 Å². The molecule has 0 aliphatic rings. The monoisotopic (exact) mass is 776 g/mol. The second kappa shape index (κ2) is 13.2. The highest BCUT2D eigenvalue weighted by Crippen LogP contribution is 2.43. The molecule has 58 heavy (non-hydrogen) atoms. The number of furan rings is 1. The van der Waals surface area contributed by atoms with Crippen molar-refractivity contribution < 1.29 is 30.8 Å². The molecule has 0 aliphatic carbocycles. The summed E-state index contributed by atoms with van der Waals surface area (Å²) in [7, 11) is 0. The van der Waals surface area contributed by atoms with Gasteiger partial charge in [-0.3, -0.25) is 0 Å². The number of hydrogen-bond acceptors (Lipinski definition) is 4. The van der Waals surface area contributed by atoms with E-state index in [1.807, 2.05) is 103 Å². The van der Waals surface area contributed by atoms with Crippen molar-refractivity contribution in [3.63, 3.8) is 0 Å². The van der Waals surface area contributed by atoms with Gasteiger partial charge in [0.1, 0.15) is 11.2 Å². The molecule has 10 aromatic rings. The number of benzene rings is 7. The van der Waals surface area contributed by atoms with Crippen LogP contribution in [-0.2, 0) is 12.4 Å². The van der Waals surface area contributed by atoms with Crippen molar-refractivity contribution >= 4 is 43.7 Å². The van der Waals surface area contributed by atoms with Gasteiger partial charge >= 0.3 is 12.4 Å². The first-order valence-electron chi connectivity index (χ1n) is 18.2.